The zero-order valence-electron chi connectivity index (χ0n) is 12.9. The summed E-state index contributed by atoms with van der Waals surface area (Å²) in [5.41, 5.74) is 1.33. The van der Waals surface area contributed by atoms with Crippen LogP contribution in [0.4, 0.5) is 0 Å². The van der Waals surface area contributed by atoms with Crippen molar-refractivity contribution in [1.82, 2.24) is 5.32 Å². The van der Waals surface area contributed by atoms with E-state index in [1.165, 1.54) is 24.8 Å². The summed E-state index contributed by atoms with van der Waals surface area (Å²) in [7, 11) is 0. The molecule has 1 aromatic carbocycles. The molecule has 0 saturated heterocycles. The smallest absolute Gasteiger partial charge is 0.119 e. The number of benzene rings is 1. The Morgan fingerprint density at radius 1 is 1.05 bits per heavy atom. The monoisotopic (exact) mass is 263 g/mol. The summed E-state index contributed by atoms with van der Waals surface area (Å²) in [6.45, 7) is 9.65. The van der Waals surface area contributed by atoms with Gasteiger partial charge < -0.3 is 10.1 Å². The van der Waals surface area contributed by atoms with Crippen molar-refractivity contribution in [3.63, 3.8) is 0 Å². The van der Waals surface area contributed by atoms with Crippen LogP contribution in [-0.2, 0) is 0 Å². The van der Waals surface area contributed by atoms with Crippen molar-refractivity contribution in [2.75, 3.05) is 6.61 Å². The van der Waals surface area contributed by atoms with E-state index in [4.69, 9.17) is 4.74 Å². The Morgan fingerprint density at radius 2 is 1.74 bits per heavy atom. The molecule has 2 atom stereocenters. The third-order valence-electron chi connectivity index (χ3n) is 3.47. The minimum absolute atomic E-state index is 0.400. The van der Waals surface area contributed by atoms with Crippen LogP contribution in [-0.4, -0.2) is 12.6 Å². The second kappa shape index (κ2) is 8.98. The van der Waals surface area contributed by atoms with E-state index in [-0.39, 0.29) is 0 Å². The van der Waals surface area contributed by atoms with Crippen LogP contribution in [0.3, 0.4) is 0 Å². The normalized spacial score (nSPS) is 14.1. The maximum Gasteiger partial charge on any atom is 0.119 e. The Hall–Kier alpha value is -1.02. The molecule has 0 aliphatic heterocycles. The van der Waals surface area contributed by atoms with Crippen LogP contribution in [0.1, 0.15) is 65.0 Å². The van der Waals surface area contributed by atoms with E-state index in [1.54, 1.807) is 0 Å². The molecule has 0 heterocycles. The quantitative estimate of drug-likeness (QED) is 0.697. The van der Waals surface area contributed by atoms with Gasteiger partial charge in [-0.05, 0) is 43.9 Å². The lowest BCUT2D eigenvalue weighted by Crippen LogP contribution is -2.30. The van der Waals surface area contributed by atoms with Crippen molar-refractivity contribution >= 4 is 0 Å². The second-order valence-electron chi connectivity index (χ2n) is 5.20. The molecule has 0 amide bonds. The predicted molar refractivity (Wildman–Crippen MR) is 82.8 cm³/mol. The summed E-state index contributed by atoms with van der Waals surface area (Å²) in [5.74, 6) is 0.971. The molecule has 1 aromatic rings. The van der Waals surface area contributed by atoms with Crippen molar-refractivity contribution in [1.29, 1.82) is 0 Å². The van der Waals surface area contributed by atoms with Crippen LogP contribution in [0, 0.1) is 0 Å². The third-order valence-corrected chi connectivity index (χ3v) is 3.47. The van der Waals surface area contributed by atoms with E-state index in [1.807, 2.05) is 0 Å². The molecule has 0 fully saturated rings. The van der Waals surface area contributed by atoms with Crippen molar-refractivity contribution in [3.05, 3.63) is 29.8 Å². The first-order chi connectivity index (χ1) is 9.21. The van der Waals surface area contributed by atoms with E-state index in [9.17, 15) is 0 Å². The van der Waals surface area contributed by atoms with Crippen molar-refractivity contribution in [2.24, 2.45) is 0 Å². The minimum atomic E-state index is 0.400. The average molecular weight is 263 g/mol. The molecule has 0 aliphatic rings. The van der Waals surface area contributed by atoms with Gasteiger partial charge in [0.1, 0.15) is 5.75 Å². The van der Waals surface area contributed by atoms with Crippen LogP contribution < -0.4 is 10.1 Å². The molecule has 2 heteroatoms. The Morgan fingerprint density at radius 3 is 2.26 bits per heavy atom. The molecule has 19 heavy (non-hydrogen) atoms. The Balaban J connectivity index is 2.54. The van der Waals surface area contributed by atoms with Crippen molar-refractivity contribution < 1.29 is 4.74 Å². The molecule has 2 unspecified atom stereocenters. The number of hydrogen-bond donors (Lipinski definition) is 1. The zero-order valence-corrected chi connectivity index (χ0v) is 12.9. The number of rotatable bonds is 9. The topological polar surface area (TPSA) is 21.3 Å². The number of nitrogens with one attached hydrogen (secondary N) is 1. The molecular weight excluding hydrogens is 234 g/mol. The van der Waals surface area contributed by atoms with Gasteiger partial charge >= 0.3 is 0 Å². The maximum absolute atomic E-state index is 5.61. The second-order valence-corrected chi connectivity index (χ2v) is 5.20. The van der Waals surface area contributed by atoms with E-state index in [2.05, 4.69) is 57.3 Å². The molecule has 0 aliphatic carbocycles. The van der Waals surface area contributed by atoms with Gasteiger partial charge in [0, 0.05) is 12.1 Å². The van der Waals surface area contributed by atoms with Gasteiger partial charge in [0.15, 0.2) is 0 Å². The first kappa shape index (κ1) is 16.0. The van der Waals surface area contributed by atoms with Gasteiger partial charge in [0.05, 0.1) is 6.61 Å². The Bertz CT molecular complexity index is 334. The molecule has 0 radical (unpaired) electrons. The van der Waals surface area contributed by atoms with Gasteiger partial charge in [0.2, 0.25) is 0 Å². The number of hydrogen-bond acceptors (Lipinski definition) is 2. The van der Waals surface area contributed by atoms with Gasteiger partial charge in [-0.3, -0.25) is 0 Å². The van der Waals surface area contributed by atoms with Gasteiger partial charge in [-0.2, -0.15) is 0 Å². The highest BCUT2D eigenvalue weighted by molar-refractivity contribution is 5.29. The zero-order chi connectivity index (χ0) is 14.1. The van der Waals surface area contributed by atoms with E-state index in [0.29, 0.717) is 12.1 Å². The Kier molecular flexibility index (Phi) is 7.57. The van der Waals surface area contributed by atoms with Crippen molar-refractivity contribution in [3.8, 4) is 5.75 Å². The molecule has 108 valence electrons. The predicted octanol–water partition coefficient (Wildman–Crippen LogP) is 4.70. The highest BCUT2D eigenvalue weighted by atomic mass is 16.5. The lowest BCUT2D eigenvalue weighted by Gasteiger charge is -2.22. The van der Waals surface area contributed by atoms with Crippen LogP contribution in [0.15, 0.2) is 24.3 Å². The molecule has 2 nitrogen and oxygen atoms in total. The van der Waals surface area contributed by atoms with Crippen LogP contribution >= 0.6 is 0 Å². The Labute approximate surface area is 118 Å². The standard InChI is InChI=1S/C17H29NO/c1-5-8-16(7-3)18-14(4)15-9-11-17(12-10-15)19-13-6-2/h9-12,14,16,18H,5-8,13H2,1-4H3. The van der Waals surface area contributed by atoms with E-state index >= 15 is 0 Å². The molecule has 1 N–H and O–H groups in total. The molecule has 0 aromatic heterocycles. The summed E-state index contributed by atoms with van der Waals surface area (Å²) in [6.07, 6.45) is 4.73. The lowest BCUT2D eigenvalue weighted by atomic mass is 10.0. The molecule has 1 rings (SSSR count). The highest BCUT2D eigenvalue weighted by Gasteiger charge is 2.11. The summed E-state index contributed by atoms with van der Waals surface area (Å²) in [6, 6.07) is 9.50. The SMILES string of the molecule is CCCOc1ccc(C(C)NC(CC)CCC)cc1. The van der Waals surface area contributed by atoms with Crippen LogP contribution in [0.2, 0.25) is 0 Å². The summed E-state index contributed by atoms with van der Waals surface area (Å²) in [4.78, 5) is 0. The lowest BCUT2D eigenvalue weighted by molar-refractivity contribution is 0.317. The third kappa shape index (κ3) is 5.65. The maximum atomic E-state index is 5.61. The molecule has 0 saturated carbocycles. The fourth-order valence-electron chi connectivity index (χ4n) is 2.28. The summed E-state index contributed by atoms with van der Waals surface area (Å²) < 4.78 is 5.61. The average Bonchev–Trinajstić information content (AvgIpc) is 2.45. The van der Waals surface area contributed by atoms with Gasteiger partial charge in [0.25, 0.3) is 0 Å². The van der Waals surface area contributed by atoms with E-state index < -0.39 is 0 Å². The summed E-state index contributed by atoms with van der Waals surface area (Å²) >= 11 is 0. The first-order valence-corrected chi connectivity index (χ1v) is 7.70. The first-order valence-electron chi connectivity index (χ1n) is 7.70. The molecule has 0 bridgehead atoms. The molecule has 0 spiro atoms. The largest absolute Gasteiger partial charge is 0.494 e. The fraction of sp³-hybridized carbons (Fsp3) is 0.647. The van der Waals surface area contributed by atoms with Crippen molar-refractivity contribution in [2.45, 2.75) is 65.5 Å². The van der Waals surface area contributed by atoms with Gasteiger partial charge in [-0.15, -0.1) is 0 Å². The van der Waals surface area contributed by atoms with Crippen LogP contribution in [0.5, 0.6) is 5.75 Å². The van der Waals surface area contributed by atoms with E-state index in [0.717, 1.165) is 18.8 Å². The minimum Gasteiger partial charge on any atom is -0.494 e. The molecular formula is C17H29NO. The summed E-state index contributed by atoms with van der Waals surface area (Å²) in [5, 5.41) is 3.71. The fourth-order valence-corrected chi connectivity index (χ4v) is 2.28. The van der Waals surface area contributed by atoms with Gasteiger partial charge in [-0.25, -0.2) is 0 Å². The van der Waals surface area contributed by atoms with Gasteiger partial charge in [-0.1, -0.05) is 39.3 Å². The highest BCUT2D eigenvalue weighted by Crippen LogP contribution is 2.19. The van der Waals surface area contributed by atoms with Crippen LogP contribution in [0.25, 0.3) is 0 Å². The number of ether oxygens (including phenoxy) is 1.